The Hall–Kier alpha value is -1.67. The van der Waals surface area contributed by atoms with Crippen molar-refractivity contribution < 1.29 is 0 Å². The highest BCUT2D eigenvalue weighted by Gasteiger charge is 2.19. The molecule has 0 amide bonds. The number of rotatable bonds is 6. The highest BCUT2D eigenvalue weighted by atomic mass is 15.0. The van der Waals surface area contributed by atoms with Gasteiger partial charge in [-0.1, -0.05) is 51.1 Å². The van der Waals surface area contributed by atoms with Crippen LogP contribution in [0.3, 0.4) is 0 Å². The smallest absolute Gasteiger partial charge is 0.0570 e. The summed E-state index contributed by atoms with van der Waals surface area (Å²) in [6.07, 6.45) is 2.94. The number of nitrogens with zero attached hydrogens (tertiary/aromatic N) is 1. The molecule has 0 aliphatic heterocycles. The maximum atomic E-state index is 4.45. The van der Waals surface area contributed by atoms with E-state index in [0.717, 1.165) is 12.1 Å². The van der Waals surface area contributed by atoms with Crippen molar-refractivity contribution in [3.05, 3.63) is 65.5 Å². The monoisotopic (exact) mass is 282 g/mol. The summed E-state index contributed by atoms with van der Waals surface area (Å²) in [6.45, 7) is 8.89. The molecule has 0 saturated carbocycles. The van der Waals surface area contributed by atoms with E-state index in [9.17, 15) is 0 Å². The van der Waals surface area contributed by atoms with E-state index in [1.54, 1.807) is 0 Å². The third kappa shape index (κ3) is 4.15. The predicted octanol–water partition coefficient (Wildman–Crippen LogP) is 4.69. The molecule has 0 bridgehead atoms. The topological polar surface area (TPSA) is 24.9 Å². The average Bonchev–Trinajstić information content (AvgIpc) is 2.53. The molecule has 0 spiro atoms. The van der Waals surface area contributed by atoms with E-state index < -0.39 is 0 Å². The van der Waals surface area contributed by atoms with E-state index in [-0.39, 0.29) is 6.04 Å². The Morgan fingerprint density at radius 2 is 1.71 bits per heavy atom. The molecule has 1 aromatic carbocycles. The molecule has 0 saturated heterocycles. The van der Waals surface area contributed by atoms with Crippen LogP contribution in [-0.4, -0.2) is 4.98 Å². The second-order valence-corrected chi connectivity index (χ2v) is 5.96. The fourth-order valence-corrected chi connectivity index (χ4v) is 2.62. The van der Waals surface area contributed by atoms with Gasteiger partial charge in [-0.25, -0.2) is 0 Å². The quantitative estimate of drug-likeness (QED) is 0.831. The van der Waals surface area contributed by atoms with Crippen LogP contribution in [-0.2, 0) is 6.42 Å². The van der Waals surface area contributed by atoms with E-state index >= 15 is 0 Å². The second-order valence-electron chi connectivity index (χ2n) is 5.96. The van der Waals surface area contributed by atoms with E-state index in [0.29, 0.717) is 12.0 Å². The zero-order valence-corrected chi connectivity index (χ0v) is 13.5. The summed E-state index contributed by atoms with van der Waals surface area (Å²) >= 11 is 0. The van der Waals surface area contributed by atoms with Gasteiger partial charge in [0.05, 0.1) is 5.69 Å². The highest BCUT2D eigenvalue weighted by Crippen LogP contribution is 2.25. The fraction of sp³-hybridized carbons (Fsp3) is 0.421. The first-order valence-corrected chi connectivity index (χ1v) is 7.87. The molecule has 0 radical (unpaired) electrons. The Bertz CT molecular complexity index is 531. The largest absolute Gasteiger partial charge is 0.302 e. The number of hydrogen-bond donors (Lipinski definition) is 1. The summed E-state index contributed by atoms with van der Waals surface area (Å²) in [5, 5.41) is 3.72. The lowest BCUT2D eigenvalue weighted by molar-refractivity contribution is 0.371. The molecule has 2 nitrogen and oxygen atoms in total. The highest BCUT2D eigenvalue weighted by molar-refractivity contribution is 5.26. The summed E-state index contributed by atoms with van der Waals surface area (Å²) in [5.74, 6) is 0.531. The maximum Gasteiger partial charge on any atom is 0.0570 e. The number of benzene rings is 1. The Morgan fingerprint density at radius 1 is 1.00 bits per heavy atom. The molecule has 2 unspecified atom stereocenters. The number of aryl methyl sites for hydroxylation is 1. The lowest BCUT2D eigenvalue weighted by atomic mass is 9.94. The van der Waals surface area contributed by atoms with Gasteiger partial charge in [-0.2, -0.15) is 0 Å². The van der Waals surface area contributed by atoms with Crippen LogP contribution < -0.4 is 5.32 Å². The molecule has 0 aliphatic rings. The lowest BCUT2D eigenvalue weighted by Crippen LogP contribution is -2.28. The van der Waals surface area contributed by atoms with Gasteiger partial charge in [0.1, 0.15) is 0 Å². The zero-order valence-electron chi connectivity index (χ0n) is 13.5. The Morgan fingerprint density at radius 3 is 2.24 bits per heavy atom. The molecule has 1 N–H and O–H groups in total. The van der Waals surface area contributed by atoms with Crippen molar-refractivity contribution in [2.75, 3.05) is 0 Å². The molecule has 0 fully saturated rings. The van der Waals surface area contributed by atoms with Gasteiger partial charge in [0, 0.05) is 18.3 Å². The SMILES string of the molecule is CCc1ccc(C(NC(C)c2ccccn2)C(C)C)cc1. The molecule has 2 rings (SSSR count). The Kier molecular flexibility index (Phi) is 5.51. The van der Waals surface area contributed by atoms with Gasteiger partial charge in [0.25, 0.3) is 0 Å². The minimum Gasteiger partial charge on any atom is -0.302 e. The summed E-state index contributed by atoms with van der Waals surface area (Å²) in [4.78, 5) is 4.45. The minimum absolute atomic E-state index is 0.240. The van der Waals surface area contributed by atoms with Gasteiger partial charge in [-0.15, -0.1) is 0 Å². The average molecular weight is 282 g/mol. The first kappa shape index (κ1) is 15.7. The third-order valence-corrected chi connectivity index (χ3v) is 3.97. The van der Waals surface area contributed by atoms with Crippen molar-refractivity contribution in [1.82, 2.24) is 10.3 Å². The first-order chi connectivity index (χ1) is 10.1. The summed E-state index contributed by atoms with van der Waals surface area (Å²) in [6, 6.07) is 15.6. The van der Waals surface area contributed by atoms with Crippen molar-refractivity contribution in [3.63, 3.8) is 0 Å². The first-order valence-electron chi connectivity index (χ1n) is 7.87. The second kappa shape index (κ2) is 7.37. The molecule has 21 heavy (non-hydrogen) atoms. The number of aromatic nitrogens is 1. The van der Waals surface area contributed by atoms with Crippen LogP contribution in [0.4, 0.5) is 0 Å². The van der Waals surface area contributed by atoms with E-state index in [1.165, 1.54) is 11.1 Å². The number of hydrogen-bond acceptors (Lipinski definition) is 2. The molecule has 1 aromatic heterocycles. The molecular weight excluding hydrogens is 256 g/mol. The van der Waals surface area contributed by atoms with E-state index in [4.69, 9.17) is 0 Å². The minimum atomic E-state index is 0.240. The summed E-state index contributed by atoms with van der Waals surface area (Å²) in [5.41, 5.74) is 3.83. The summed E-state index contributed by atoms with van der Waals surface area (Å²) < 4.78 is 0. The Balaban J connectivity index is 2.15. The fourth-order valence-electron chi connectivity index (χ4n) is 2.62. The molecule has 112 valence electrons. The van der Waals surface area contributed by atoms with E-state index in [2.05, 4.69) is 68.3 Å². The number of nitrogens with one attached hydrogen (secondary N) is 1. The lowest BCUT2D eigenvalue weighted by Gasteiger charge is -2.27. The van der Waals surface area contributed by atoms with Gasteiger partial charge >= 0.3 is 0 Å². The van der Waals surface area contributed by atoms with Crippen LogP contribution in [0, 0.1) is 5.92 Å². The normalized spacial score (nSPS) is 14.1. The molecule has 2 heteroatoms. The van der Waals surface area contributed by atoms with Crippen LogP contribution >= 0.6 is 0 Å². The molecule has 1 heterocycles. The molecule has 2 aromatic rings. The van der Waals surface area contributed by atoms with Crippen molar-refractivity contribution in [2.24, 2.45) is 5.92 Å². The van der Waals surface area contributed by atoms with E-state index in [1.807, 2.05) is 18.3 Å². The molecule has 0 aliphatic carbocycles. The van der Waals surface area contributed by atoms with Gasteiger partial charge in [-0.05, 0) is 42.5 Å². The maximum absolute atomic E-state index is 4.45. The molecule has 2 atom stereocenters. The van der Waals surface area contributed by atoms with Gasteiger partial charge in [0.15, 0.2) is 0 Å². The van der Waals surface area contributed by atoms with Crippen molar-refractivity contribution in [2.45, 2.75) is 46.2 Å². The standard InChI is InChI=1S/C19H26N2/c1-5-16-9-11-17(12-10-16)19(14(2)3)21-15(4)18-8-6-7-13-20-18/h6-15,19,21H,5H2,1-4H3. The predicted molar refractivity (Wildman–Crippen MR) is 89.2 cm³/mol. The summed E-state index contributed by atoms with van der Waals surface area (Å²) in [7, 11) is 0. The van der Waals surface area contributed by atoms with Gasteiger partial charge < -0.3 is 5.32 Å². The van der Waals surface area contributed by atoms with Crippen LogP contribution in [0.2, 0.25) is 0 Å². The van der Waals surface area contributed by atoms with Crippen LogP contribution in [0.5, 0.6) is 0 Å². The van der Waals surface area contributed by atoms with Crippen molar-refractivity contribution in [3.8, 4) is 0 Å². The van der Waals surface area contributed by atoms with Crippen LogP contribution in [0.25, 0.3) is 0 Å². The molecular formula is C19H26N2. The van der Waals surface area contributed by atoms with Gasteiger partial charge in [0.2, 0.25) is 0 Å². The van der Waals surface area contributed by atoms with Crippen molar-refractivity contribution in [1.29, 1.82) is 0 Å². The van der Waals surface area contributed by atoms with Crippen LogP contribution in [0.15, 0.2) is 48.7 Å². The Labute approximate surface area is 128 Å². The van der Waals surface area contributed by atoms with Crippen molar-refractivity contribution >= 4 is 0 Å². The zero-order chi connectivity index (χ0) is 15.2. The van der Waals surface area contributed by atoms with Gasteiger partial charge in [-0.3, -0.25) is 4.98 Å². The van der Waals surface area contributed by atoms with Crippen LogP contribution in [0.1, 0.15) is 56.6 Å². The number of pyridine rings is 1. The third-order valence-electron chi connectivity index (χ3n) is 3.97.